The maximum Gasteiger partial charge on any atom is 0.240 e. The molecule has 0 unspecified atom stereocenters. The monoisotopic (exact) mass is 336 g/mol. The topological polar surface area (TPSA) is 102 Å². The molecule has 0 bridgehead atoms. The van der Waals surface area contributed by atoms with E-state index >= 15 is 0 Å². The minimum Gasteiger partial charge on any atom is -0.384 e. The molecule has 0 aliphatic carbocycles. The second-order valence-electron chi connectivity index (χ2n) is 6.18. The van der Waals surface area contributed by atoms with Crippen LogP contribution in [-0.4, -0.2) is 63.6 Å². The van der Waals surface area contributed by atoms with Crippen LogP contribution in [0.2, 0.25) is 0 Å². The summed E-state index contributed by atoms with van der Waals surface area (Å²) in [6, 6.07) is 0. The zero-order valence-electron chi connectivity index (χ0n) is 14.4. The molecule has 1 atom stereocenters. The molecular formula is C15H24N6O3. The van der Waals surface area contributed by atoms with E-state index in [4.69, 9.17) is 14.0 Å². The van der Waals surface area contributed by atoms with Gasteiger partial charge < -0.3 is 14.0 Å². The van der Waals surface area contributed by atoms with Gasteiger partial charge in [0.05, 0.1) is 19.8 Å². The molecule has 2 aromatic rings. The Morgan fingerprint density at radius 1 is 1.38 bits per heavy atom. The van der Waals surface area contributed by atoms with Crippen LogP contribution in [0.1, 0.15) is 49.2 Å². The number of ether oxygens (including phenoxy) is 2. The first-order chi connectivity index (χ1) is 11.7. The number of hydrogen-bond acceptors (Lipinski definition) is 8. The van der Waals surface area contributed by atoms with Crippen molar-refractivity contribution in [1.29, 1.82) is 0 Å². The minimum absolute atomic E-state index is 0.116. The Bertz CT molecular complexity index is 641. The number of aromatic nitrogens is 5. The van der Waals surface area contributed by atoms with Gasteiger partial charge in [0.1, 0.15) is 6.10 Å². The summed E-state index contributed by atoms with van der Waals surface area (Å²) in [6.45, 7) is 7.48. The van der Waals surface area contributed by atoms with Gasteiger partial charge in [-0.1, -0.05) is 19.0 Å². The highest BCUT2D eigenvalue weighted by Gasteiger charge is 2.26. The number of rotatable bonds is 7. The molecule has 1 N–H and O–H groups in total. The SMILES string of the molecule is COCCc1noc(CN2CCO[C@@H](c3nc(C(C)C)n[nH]3)C2)n1. The van der Waals surface area contributed by atoms with Gasteiger partial charge in [-0.25, -0.2) is 4.98 Å². The van der Waals surface area contributed by atoms with Crippen molar-refractivity contribution in [3.8, 4) is 0 Å². The van der Waals surface area contributed by atoms with E-state index in [-0.39, 0.29) is 6.10 Å². The van der Waals surface area contributed by atoms with Crippen molar-refractivity contribution in [1.82, 2.24) is 30.2 Å². The Kier molecular flexibility index (Phi) is 5.54. The molecule has 0 amide bonds. The van der Waals surface area contributed by atoms with Crippen LogP contribution in [0.25, 0.3) is 0 Å². The fraction of sp³-hybridized carbons (Fsp3) is 0.733. The largest absolute Gasteiger partial charge is 0.384 e. The summed E-state index contributed by atoms with van der Waals surface area (Å²) in [5.41, 5.74) is 0. The van der Waals surface area contributed by atoms with Crippen molar-refractivity contribution in [2.75, 3.05) is 33.4 Å². The normalized spacial score (nSPS) is 19.2. The molecule has 3 heterocycles. The van der Waals surface area contributed by atoms with Crippen LogP contribution in [0.5, 0.6) is 0 Å². The van der Waals surface area contributed by atoms with Crippen LogP contribution < -0.4 is 0 Å². The lowest BCUT2D eigenvalue weighted by Gasteiger charge is -2.30. The summed E-state index contributed by atoms with van der Waals surface area (Å²) < 4.78 is 16.2. The molecule has 132 valence electrons. The number of morpholine rings is 1. The summed E-state index contributed by atoms with van der Waals surface area (Å²) in [5.74, 6) is 3.16. The van der Waals surface area contributed by atoms with E-state index in [1.807, 2.05) is 0 Å². The molecule has 24 heavy (non-hydrogen) atoms. The van der Waals surface area contributed by atoms with Crippen LogP contribution in [0.3, 0.4) is 0 Å². The van der Waals surface area contributed by atoms with E-state index in [0.29, 0.717) is 50.4 Å². The van der Waals surface area contributed by atoms with Gasteiger partial charge in [-0.3, -0.25) is 10.00 Å². The van der Waals surface area contributed by atoms with Gasteiger partial charge in [-0.05, 0) is 0 Å². The molecule has 0 radical (unpaired) electrons. The zero-order valence-corrected chi connectivity index (χ0v) is 14.4. The maximum atomic E-state index is 5.82. The number of methoxy groups -OCH3 is 1. The zero-order chi connectivity index (χ0) is 16.9. The molecule has 0 saturated carbocycles. The van der Waals surface area contributed by atoms with E-state index in [2.05, 4.69) is 44.1 Å². The third-order valence-corrected chi connectivity index (χ3v) is 3.89. The average molecular weight is 336 g/mol. The highest BCUT2D eigenvalue weighted by atomic mass is 16.5. The van der Waals surface area contributed by atoms with Crippen LogP contribution in [-0.2, 0) is 22.4 Å². The van der Waals surface area contributed by atoms with Crippen molar-refractivity contribution in [2.24, 2.45) is 0 Å². The molecule has 2 aromatic heterocycles. The van der Waals surface area contributed by atoms with E-state index < -0.39 is 0 Å². The van der Waals surface area contributed by atoms with E-state index in [0.717, 1.165) is 18.2 Å². The fourth-order valence-electron chi connectivity index (χ4n) is 2.54. The molecule has 1 saturated heterocycles. The van der Waals surface area contributed by atoms with Crippen LogP contribution in [0.15, 0.2) is 4.52 Å². The van der Waals surface area contributed by atoms with Gasteiger partial charge in [0.15, 0.2) is 17.5 Å². The molecule has 9 heteroatoms. The summed E-state index contributed by atoms with van der Waals surface area (Å²) in [6.07, 6.45) is 0.538. The molecule has 1 fully saturated rings. The lowest BCUT2D eigenvalue weighted by Crippen LogP contribution is -2.38. The quantitative estimate of drug-likeness (QED) is 0.801. The molecule has 0 aromatic carbocycles. The Labute approximate surface area is 140 Å². The Hall–Kier alpha value is -1.84. The van der Waals surface area contributed by atoms with Gasteiger partial charge >= 0.3 is 0 Å². The van der Waals surface area contributed by atoms with E-state index in [1.165, 1.54) is 0 Å². The maximum absolute atomic E-state index is 5.82. The third kappa shape index (κ3) is 4.16. The van der Waals surface area contributed by atoms with Crippen molar-refractivity contribution in [2.45, 2.75) is 38.8 Å². The van der Waals surface area contributed by atoms with Gasteiger partial charge in [-0.2, -0.15) is 10.1 Å². The minimum atomic E-state index is -0.116. The predicted molar refractivity (Wildman–Crippen MR) is 84.3 cm³/mol. The van der Waals surface area contributed by atoms with Gasteiger partial charge in [-0.15, -0.1) is 0 Å². The number of nitrogens with one attached hydrogen (secondary N) is 1. The number of aromatic amines is 1. The van der Waals surface area contributed by atoms with Crippen molar-refractivity contribution in [3.63, 3.8) is 0 Å². The second-order valence-corrected chi connectivity index (χ2v) is 6.18. The number of nitrogens with zero attached hydrogens (tertiary/aromatic N) is 5. The summed E-state index contributed by atoms with van der Waals surface area (Å²) in [4.78, 5) is 11.1. The summed E-state index contributed by atoms with van der Waals surface area (Å²) in [5, 5.41) is 11.2. The molecule has 1 aliphatic heterocycles. The first-order valence-corrected chi connectivity index (χ1v) is 8.22. The molecule has 3 rings (SSSR count). The number of hydrogen-bond donors (Lipinski definition) is 1. The van der Waals surface area contributed by atoms with Crippen molar-refractivity contribution >= 4 is 0 Å². The first-order valence-electron chi connectivity index (χ1n) is 8.22. The Balaban J connectivity index is 1.57. The smallest absolute Gasteiger partial charge is 0.240 e. The second kappa shape index (κ2) is 7.82. The van der Waals surface area contributed by atoms with Crippen molar-refractivity contribution < 1.29 is 14.0 Å². The Morgan fingerprint density at radius 2 is 2.25 bits per heavy atom. The van der Waals surface area contributed by atoms with E-state index in [1.54, 1.807) is 7.11 Å². The van der Waals surface area contributed by atoms with Gasteiger partial charge in [0.25, 0.3) is 0 Å². The lowest BCUT2D eigenvalue weighted by molar-refractivity contribution is -0.0396. The highest BCUT2D eigenvalue weighted by Crippen LogP contribution is 2.21. The Morgan fingerprint density at radius 3 is 3.00 bits per heavy atom. The molecule has 1 aliphatic rings. The van der Waals surface area contributed by atoms with Crippen LogP contribution in [0.4, 0.5) is 0 Å². The van der Waals surface area contributed by atoms with Gasteiger partial charge in [0.2, 0.25) is 5.89 Å². The van der Waals surface area contributed by atoms with Crippen LogP contribution >= 0.6 is 0 Å². The third-order valence-electron chi connectivity index (χ3n) is 3.89. The highest BCUT2D eigenvalue weighted by molar-refractivity contribution is 5.00. The van der Waals surface area contributed by atoms with Gasteiger partial charge in [0, 0.05) is 32.5 Å². The summed E-state index contributed by atoms with van der Waals surface area (Å²) in [7, 11) is 1.66. The predicted octanol–water partition coefficient (Wildman–Crippen LogP) is 1.07. The average Bonchev–Trinajstić information content (AvgIpc) is 3.23. The fourth-order valence-corrected chi connectivity index (χ4v) is 2.54. The van der Waals surface area contributed by atoms with Crippen LogP contribution in [0, 0.1) is 0 Å². The van der Waals surface area contributed by atoms with E-state index in [9.17, 15) is 0 Å². The molecular weight excluding hydrogens is 312 g/mol. The first kappa shape index (κ1) is 17.0. The molecule has 9 nitrogen and oxygen atoms in total. The standard InChI is InChI=1S/C15H24N6O3/c1-10(2)14-17-15(19-18-14)11-8-21(5-7-23-11)9-13-16-12(20-24-13)4-6-22-3/h10-11H,4-9H2,1-3H3,(H,17,18,19)/t11-/m1/s1. The summed E-state index contributed by atoms with van der Waals surface area (Å²) >= 11 is 0. The number of H-pyrrole nitrogens is 1. The lowest BCUT2D eigenvalue weighted by atomic mass is 10.2. The van der Waals surface area contributed by atoms with Crippen molar-refractivity contribution in [3.05, 3.63) is 23.4 Å². The molecule has 0 spiro atoms.